The molecular weight excluding hydrogens is 344 g/mol. The molecule has 2 saturated heterocycles. The van der Waals surface area contributed by atoms with Crippen LogP contribution >= 0.6 is 25.3 Å². The van der Waals surface area contributed by atoms with Gasteiger partial charge in [-0.05, 0) is 25.5 Å². The molecule has 0 radical (unpaired) electrons. The zero-order chi connectivity index (χ0) is 17.9. The first kappa shape index (κ1) is 17.1. The minimum Gasteiger partial charge on any atom is -0.320 e. The van der Waals surface area contributed by atoms with Gasteiger partial charge < -0.3 is 9.80 Å². The Hall–Kier alpha value is -1.72. The van der Waals surface area contributed by atoms with Crippen molar-refractivity contribution in [2.24, 2.45) is 5.41 Å². The third-order valence-electron chi connectivity index (χ3n) is 5.05. The van der Waals surface area contributed by atoms with Crippen LogP contribution in [0.2, 0.25) is 0 Å². The Labute approximate surface area is 151 Å². The first-order valence-corrected chi connectivity index (χ1v) is 8.37. The van der Waals surface area contributed by atoms with Crippen molar-refractivity contribution < 1.29 is 9.59 Å². The summed E-state index contributed by atoms with van der Waals surface area (Å²) in [6.45, 7) is 3.32. The van der Waals surface area contributed by atoms with E-state index < -0.39 is 21.2 Å². The number of aromatic nitrogens is 1. The third-order valence-corrected chi connectivity index (χ3v) is 6.11. The Morgan fingerprint density at radius 1 is 1.33 bits per heavy atom. The molecule has 2 amide bonds. The van der Waals surface area contributed by atoms with E-state index in [1.165, 1.54) is 16.8 Å². The SMILES string of the molecule is CN1C(=O)[C@@]2(S)C[C@](C)(C#N)[C@H](c3cccnc3)N2C(=O)C1(C)S. The Kier molecular flexibility index (Phi) is 3.66. The number of fused-ring (bicyclic) bond motifs is 1. The van der Waals surface area contributed by atoms with Crippen molar-refractivity contribution in [2.75, 3.05) is 7.05 Å². The van der Waals surface area contributed by atoms with Crippen LogP contribution in [0.4, 0.5) is 0 Å². The van der Waals surface area contributed by atoms with Gasteiger partial charge in [-0.1, -0.05) is 6.07 Å². The lowest BCUT2D eigenvalue weighted by atomic mass is 9.80. The number of carbonyl (C=O) groups is 2. The molecule has 8 heteroatoms. The second-order valence-corrected chi connectivity index (χ2v) is 8.38. The lowest BCUT2D eigenvalue weighted by Gasteiger charge is -2.50. The summed E-state index contributed by atoms with van der Waals surface area (Å²) in [5.41, 5.74) is -0.266. The number of likely N-dealkylation sites (N-methyl/N-ethyl adjacent to an activating group) is 1. The van der Waals surface area contributed by atoms with E-state index in [2.05, 4.69) is 36.3 Å². The average Bonchev–Trinajstić information content (AvgIpc) is 2.81. The van der Waals surface area contributed by atoms with Gasteiger partial charge in [-0.25, -0.2) is 0 Å². The number of hydrogen-bond acceptors (Lipinski definition) is 6. The molecule has 1 unspecified atom stereocenters. The fraction of sp³-hybridized carbons (Fsp3) is 0.500. The van der Waals surface area contributed by atoms with Crippen molar-refractivity contribution in [1.29, 1.82) is 5.26 Å². The molecule has 4 atom stereocenters. The van der Waals surface area contributed by atoms with Crippen LogP contribution in [0.15, 0.2) is 24.5 Å². The minimum atomic E-state index is -1.38. The fourth-order valence-corrected chi connectivity index (χ4v) is 4.53. The third kappa shape index (κ3) is 2.01. The van der Waals surface area contributed by atoms with E-state index in [0.717, 1.165) is 0 Å². The summed E-state index contributed by atoms with van der Waals surface area (Å²) in [5, 5.41) is 9.80. The van der Waals surface area contributed by atoms with Gasteiger partial charge in [-0.3, -0.25) is 14.6 Å². The molecule has 24 heavy (non-hydrogen) atoms. The fourth-order valence-electron chi connectivity index (χ4n) is 3.65. The number of nitrogens with zero attached hydrogens (tertiary/aromatic N) is 4. The second-order valence-electron chi connectivity index (χ2n) is 6.77. The highest BCUT2D eigenvalue weighted by molar-refractivity contribution is 7.83. The summed E-state index contributed by atoms with van der Waals surface area (Å²) in [7, 11) is 1.53. The standard InChI is InChI=1S/C16H18N4O2S2/c1-14(9-17)8-16(24)13(22)19(3)15(2,23)12(21)20(16)11(14)10-5-4-6-18-7-10/h4-7,11,23-24H,8H2,1-3H3/t11-,14+,15?,16-/m0/s1. The molecule has 2 aliphatic heterocycles. The van der Waals surface area contributed by atoms with Crippen LogP contribution in [0.5, 0.6) is 0 Å². The Morgan fingerprint density at radius 3 is 2.54 bits per heavy atom. The molecule has 1 aromatic heterocycles. The summed E-state index contributed by atoms with van der Waals surface area (Å²) in [6, 6.07) is 5.22. The largest absolute Gasteiger partial charge is 0.320 e. The Balaban J connectivity index is 2.24. The predicted octanol–water partition coefficient (Wildman–Crippen LogP) is 1.63. The number of nitriles is 1. The molecule has 3 rings (SSSR count). The van der Waals surface area contributed by atoms with Gasteiger partial charge in [0.15, 0.2) is 9.74 Å². The highest BCUT2D eigenvalue weighted by Gasteiger charge is 2.68. The maximum absolute atomic E-state index is 13.2. The molecule has 0 N–H and O–H groups in total. The van der Waals surface area contributed by atoms with Crippen LogP contribution < -0.4 is 0 Å². The van der Waals surface area contributed by atoms with Gasteiger partial charge in [-0.2, -0.15) is 5.26 Å². The van der Waals surface area contributed by atoms with E-state index in [0.29, 0.717) is 5.56 Å². The van der Waals surface area contributed by atoms with Gasteiger partial charge in [0, 0.05) is 25.9 Å². The number of thiol groups is 2. The number of piperazine rings is 1. The van der Waals surface area contributed by atoms with Crippen molar-refractivity contribution in [3.8, 4) is 6.07 Å². The molecule has 0 spiro atoms. The van der Waals surface area contributed by atoms with Gasteiger partial charge in [0.25, 0.3) is 11.8 Å². The Bertz CT molecular complexity index is 763. The molecule has 0 aromatic carbocycles. The zero-order valence-electron chi connectivity index (χ0n) is 13.6. The second kappa shape index (κ2) is 5.14. The highest BCUT2D eigenvalue weighted by atomic mass is 32.1. The number of pyridine rings is 1. The van der Waals surface area contributed by atoms with Crippen molar-refractivity contribution in [3.05, 3.63) is 30.1 Å². The number of carbonyl (C=O) groups excluding carboxylic acids is 2. The topological polar surface area (TPSA) is 77.3 Å². The van der Waals surface area contributed by atoms with Crippen LogP contribution in [-0.4, -0.2) is 43.4 Å². The van der Waals surface area contributed by atoms with Gasteiger partial charge in [-0.15, -0.1) is 25.3 Å². The number of amides is 2. The van der Waals surface area contributed by atoms with Crippen LogP contribution in [0.3, 0.4) is 0 Å². The summed E-state index contributed by atoms with van der Waals surface area (Å²) in [5.74, 6) is -0.688. The number of rotatable bonds is 1. The quantitative estimate of drug-likeness (QED) is 0.745. The normalized spacial score (nSPS) is 38.9. The van der Waals surface area contributed by atoms with Crippen LogP contribution in [0, 0.1) is 16.7 Å². The van der Waals surface area contributed by atoms with Gasteiger partial charge in [0.1, 0.15) is 0 Å². The van der Waals surface area contributed by atoms with Gasteiger partial charge in [0.2, 0.25) is 0 Å². The Morgan fingerprint density at radius 2 is 2.00 bits per heavy atom. The van der Waals surface area contributed by atoms with Crippen LogP contribution in [-0.2, 0) is 9.59 Å². The molecule has 2 aliphatic rings. The van der Waals surface area contributed by atoms with E-state index >= 15 is 0 Å². The molecule has 3 heterocycles. The maximum atomic E-state index is 13.2. The lowest BCUT2D eigenvalue weighted by molar-refractivity contribution is -0.163. The van der Waals surface area contributed by atoms with E-state index in [1.807, 2.05) is 0 Å². The van der Waals surface area contributed by atoms with E-state index in [1.54, 1.807) is 38.4 Å². The zero-order valence-corrected chi connectivity index (χ0v) is 15.4. The first-order valence-electron chi connectivity index (χ1n) is 7.47. The van der Waals surface area contributed by atoms with Crippen molar-refractivity contribution in [2.45, 2.75) is 36.1 Å². The molecule has 6 nitrogen and oxygen atoms in total. The van der Waals surface area contributed by atoms with E-state index in [-0.39, 0.29) is 18.2 Å². The van der Waals surface area contributed by atoms with E-state index in [4.69, 9.17) is 0 Å². The molecule has 0 saturated carbocycles. The summed E-state index contributed by atoms with van der Waals surface area (Å²) < 4.78 is 0. The first-order chi connectivity index (χ1) is 11.1. The van der Waals surface area contributed by atoms with Crippen LogP contribution in [0.1, 0.15) is 31.9 Å². The smallest absolute Gasteiger partial charge is 0.260 e. The maximum Gasteiger partial charge on any atom is 0.260 e. The highest BCUT2D eigenvalue weighted by Crippen LogP contribution is 2.59. The minimum absolute atomic E-state index is 0.137. The predicted molar refractivity (Wildman–Crippen MR) is 94.0 cm³/mol. The van der Waals surface area contributed by atoms with Crippen molar-refractivity contribution >= 4 is 37.1 Å². The van der Waals surface area contributed by atoms with E-state index in [9.17, 15) is 14.9 Å². The van der Waals surface area contributed by atoms with Gasteiger partial charge >= 0.3 is 0 Å². The lowest BCUT2D eigenvalue weighted by Crippen LogP contribution is -2.69. The molecule has 1 aromatic rings. The molecule has 0 aliphatic carbocycles. The van der Waals surface area contributed by atoms with Crippen molar-refractivity contribution in [1.82, 2.24) is 14.8 Å². The van der Waals surface area contributed by atoms with Crippen molar-refractivity contribution in [3.63, 3.8) is 0 Å². The molecular formula is C16H18N4O2S2. The van der Waals surface area contributed by atoms with Gasteiger partial charge in [0.05, 0.1) is 17.5 Å². The van der Waals surface area contributed by atoms with Crippen LogP contribution in [0.25, 0.3) is 0 Å². The molecule has 2 fully saturated rings. The molecule has 126 valence electrons. The average molecular weight is 362 g/mol. The monoisotopic (exact) mass is 362 g/mol. The summed E-state index contributed by atoms with van der Waals surface area (Å²) >= 11 is 8.99. The summed E-state index contributed by atoms with van der Waals surface area (Å²) in [6.07, 6.45) is 3.37. The number of hydrogen-bond donors (Lipinski definition) is 2. The molecule has 0 bridgehead atoms. The summed E-state index contributed by atoms with van der Waals surface area (Å²) in [4.78, 5) is 30.2.